The van der Waals surface area contributed by atoms with Crippen molar-refractivity contribution < 1.29 is 18.0 Å². The molecule has 8 heteroatoms. The van der Waals surface area contributed by atoms with Crippen LogP contribution in [0.15, 0.2) is 53.4 Å². The molecule has 2 aromatic carbocycles. The Bertz CT molecular complexity index is 847. The number of hydrogen-bond acceptors (Lipinski definition) is 4. The second kappa shape index (κ2) is 7.57. The van der Waals surface area contributed by atoms with Crippen molar-refractivity contribution in [3.8, 4) is 0 Å². The summed E-state index contributed by atoms with van der Waals surface area (Å²) in [5, 5.41) is 2.96. The van der Waals surface area contributed by atoms with Crippen molar-refractivity contribution >= 4 is 39.0 Å². The van der Waals surface area contributed by atoms with E-state index in [0.29, 0.717) is 16.3 Å². The molecule has 2 N–H and O–H groups in total. The van der Waals surface area contributed by atoms with Crippen molar-refractivity contribution in [1.82, 2.24) is 4.72 Å². The fourth-order valence-corrected chi connectivity index (χ4v) is 2.96. The molecule has 0 saturated heterocycles. The van der Waals surface area contributed by atoms with Crippen LogP contribution in [-0.2, 0) is 14.8 Å². The molecule has 0 fully saturated rings. The topological polar surface area (TPSA) is 92.3 Å². The molecule has 0 aliphatic carbocycles. The van der Waals surface area contributed by atoms with E-state index >= 15 is 0 Å². The van der Waals surface area contributed by atoms with Crippen molar-refractivity contribution in [3.63, 3.8) is 0 Å². The van der Waals surface area contributed by atoms with Gasteiger partial charge in [0.05, 0.1) is 11.4 Å². The summed E-state index contributed by atoms with van der Waals surface area (Å²) in [6, 6.07) is 11.9. The van der Waals surface area contributed by atoms with Crippen LogP contribution < -0.4 is 10.0 Å². The molecule has 6 nitrogen and oxygen atoms in total. The van der Waals surface area contributed by atoms with E-state index in [9.17, 15) is 18.0 Å². The van der Waals surface area contributed by atoms with Crippen LogP contribution in [0.25, 0.3) is 0 Å². The summed E-state index contributed by atoms with van der Waals surface area (Å²) >= 11 is 5.71. The lowest BCUT2D eigenvalue weighted by atomic mass is 10.1. The number of ketones is 1. The van der Waals surface area contributed by atoms with Gasteiger partial charge < -0.3 is 5.32 Å². The van der Waals surface area contributed by atoms with E-state index in [4.69, 9.17) is 11.6 Å². The summed E-state index contributed by atoms with van der Waals surface area (Å²) in [4.78, 5) is 23.0. The molecular weight excluding hydrogens is 352 g/mol. The normalized spacial score (nSPS) is 11.1. The molecule has 24 heavy (non-hydrogen) atoms. The minimum atomic E-state index is -3.80. The number of halogens is 1. The zero-order valence-electron chi connectivity index (χ0n) is 12.7. The smallest absolute Gasteiger partial charge is 0.241 e. The van der Waals surface area contributed by atoms with Gasteiger partial charge in [0.15, 0.2) is 5.78 Å². The third-order valence-electron chi connectivity index (χ3n) is 3.12. The molecule has 126 valence electrons. The lowest BCUT2D eigenvalue weighted by molar-refractivity contribution is -0.115. The number of rotatable bonds is 6. The maximum atomic E-state index is 12.0. The first-order valence-corrected chi connectivity index (χ1v) is 8.80. The SMILES string of the molecule is CC(=O)c1ccc(NC(=O)CNS(=O)(=O)c2ccc(Cl)cc2)cc1. The Labute approximate surface area is 144 Å². The van der Waals surface area contributed by atoms with Gasteiger partial charge in [0.25, 0.3) is 0 Å². The van der Waals surface area contributed by atoms with Gasteiger partial charge in [0, 0.05) is 16.3 Å². The van der Waals surface area contributed by atoms with Crippen molar-refractivity contribution in [2.24, 2.45) is 0 Å². The van der Waals surface area contributed by atoms with Gasteiger partial charge >= 0.3 is 0 Å². The van der Waals surface area contributed by atoms with Crippen molar-refractivity contribution in [2.75, 3.05) is 11.9 Å². The summed E-state index contributed by atoms with van der Waals surface area (Å²) < 4.78 is 26.3. The first kappa shape index (κ1) is 18.1. The number of benzene rings is 2. The van der Waals surface area contributed by atoms with E-state index in [1.165, 1.54) is 31.2 Å². The Kier molecular flexibility index (Phi) is 5.71. The van der Waals surface area contributed by atoms with Crippen LogP contribution in [0, 0.1) is 0 Å². The average Bonchev–Trinajstić information content (AvgIpc) is 2.54. The molecule has 0 aliphatic heterocycles. The predicted octanol–water partition coefficient (Wildman–Crippen LogP) is 2.46. The highest BCUT2D eigenvalue weighted by atomic mass is 35.5. The number of carbonyl (C=O) groups is 2. The second-order valence-corrected chi connectivity index (χ2v) is 7.16. The van der Waals surface area contributed by atoms with E-state index in [1.807, 2.05) is 0 Å². The summed E-state index contributed by atoms with van der Waals surface area (Å²) in [6.07, 6.45) is 0. The quantitative estimate of drug-likeness (QED) is 0.768. The van der Waals surface area contributed by atoms with Gasteiger partial charge in [-0.2, -0.15) is 0 Å². The van der Waals surface area contributed by atoms with Gasteiger partial charge in [0.1, 0.15) is 0 Å². The highest BCUT2D eigenvalue weighted by molar-refractivity contribution is 7.89. The number of amides is 1. The molecule has 0 heterocycles. The average molecular weight is 367 g/mol. The van der Waals surface area contributed by atoms with Crippen LogP contribution in [0.1, 0.15) is 17.3 Å². The molecule has 1 amide bonds. The largest absolute Gasteiger partial charge is 0.325 e. The van der Waals surface area contributed by atoms with E-state index in [0.717, 1.165) is 0 Å². The minimum absolute atomic E-state index is 0.0190. The van der Waals surface area contributed by atoms with Crippen molar-refractivity contribution in [2.45, 2.75) is 11.8 Å². The van der Waals surface area contributed by atoms with E-state index < -0.39 is 22.5 Å². The second-order valence-electron chi connectivity index (χ2n) is 4.96. The summed E-state index contributed by atoms with van der Waals surface area (Å²) in [6.45, 7) is 1.03. The Balaban J connectivity index is 1.95. The maximum Gasteiger partial charge on any atom is 0.241 e. The fourth-order valence-electron chi connectivity index (χ4n) is 1.85. The Morgan fingerprint density at radius 1 is 1.00 bits per heavy atom. The Morgan fingerprint density at radius 3 is 2.12 bits per heavy atom. The third-order valence-corrected chi connectivity index (χ3v) is 4.79. The zero-order chi connectivity index (χ0) is 17.7. The summed E-state index contributed by atoms with van der Waals surface area (Å²) in [5.74, 6) is -0.605. The number of sulfonamides is 1. The maximum absolute atomic E-state index is 12.0. The predicted molar refractivity (Wildman–Crippen MR) is 91.7 cm³/mol. The Morgan fingerprint density at radius 2 is 1.58 bits per heavy atom. The summed E-state index contributed by atoms with van der Waals surface area (Å²) in [7, 11) is -3.80. The molecule has 0 radical (unpaired) electrons. The van der Waals surface area contributed by atoms with Gasteiger partial charge in [-0.25, -0.2) is 13.1 Å². The zero-order valence-corrected chi connectivity index (χ0v) is 14.3. The molecule has 0 unspecified atom stereocenters. The lowest BCUT2D eigenvalue weighted by Crippen LogP contribution is -2.32. The van der Waals surface area contributed by atoms with Gasteiger partial charge in [-0.15, -0.1) is 0 Å². The van der Waals surface area contributed by atoms with E-state index in [1.54, 1.807) is 24.3 Å². The minimum Gasteiger partial charge on any atom is -0.325 e. The number of hydrogen-bond donors (Lipinski definition) is 2. The fraction of sp³-hybridized carbons (Fsp3) is 0.125. The number of nitrogens with one attached hydrogen (secondary N) is 2. The van der Waals surface area contributed by atoms with Crippen LogP contribution in [0.4, 0.5) is 5.69 Å². The molecule has 0 spiro atoms. The highest BCUT2D eigenvalue weighted by Gasteiger charge is 2.15. The standard InChI is InChI=1S/C16H15ClN2O4S/c1-11(20)12-2-6-14(7-3-12)19-16(21)10-18-24(22,23)15-8-4-13(17)5-9-15/h2-9,18H,10H2,1H3,(H,19,21). The van der Waals surface area contributed by atoms with Crippen LogP contribution in [0.3, 0.4) is 0 Å². The lowest BCUT2D eigenvalue weighted by Gasteiger charge is -2.08. The first-order chi connectivity index (χ1) is 11.3. The monoisotopic (exact) mass is 366 g/mol. The number of Topliss-reactive ketones (excluding diaryl/α,β-unsaturated/α-hetero) is 1. The molecule has 0 atom stereocenters. The highest BCUT2D eigenvalue weighted by Crippen LogP contribution is 2.14. The van der Waals surface area contributed by atoms with Gasteiger partial charge in [-0.1, -0.05) is 11.6 Å². The van der Waals surface area contributed by atoms with Gasteiger partial charge in [0.2, 0.25) is 15.9 Å². The van der Waals surface area contributed by atoms with Gasteiger partial charge in [-0.05, 0) is 55.5 Å². The third kappa shape index (κ3) is 4.89. The number of anilines is 1. The molecule has 0 aromatic heterocycles. The van der Waals surface area contributed by atoms with E-state index in [-0.39, 0.29) is 10.7 Å². The van der Waals surface area contributed by atoms with Crippen molar-refractivity contribution in [3.05, 3.63) is 59.1 Å². The Hall–Kier alpha value is -2.22. The molecule has 0 aliphatic rings. The molecule has 0 bridgehead atoms. The van der Waals surface area contributed by atoms with E-state index in [2.05, 4.69) is 10.0 Å². The summed E-state index contributed by atoms with van der Waals surface area (Å²) in [5.41, 5.74) is 0.993. The number of carbonyl (C=O) groups excluding carboxylic acids is 2. The van der Waals surface area contributed by atoms with Gasteiger partial charge in [-0.3, -0.25) is 9.59 Å². The van der Waals surface area contributed by atoms with Crippen LogP contribution in [-0.4, -0.2) is 26.7 Å². The molecule has 2 rings (SSSR count). The van der Waals surface area contributed by atoms with Crippen molar-refractivity contribution in [1.29, 1.82) is 0 Å². The molecular formula is C16H15ClN2O4S. The van der Waals surface area contributed by atoms with Crippen LogP contribution >= 0.6 is 11.6 Å². The van der Waals surface area contributed by atoms with Crippen LogP contribution in [0.2, 0.25) is 5.02 Å². The molecule has 0 saturated carbocycles. The molecule has 2 aromatic rings. The van der Waals surface area contributed by atoms with Crippen LogP contribution in [0.5, 0.6) is 0 Å². The first-order valence-electron chi connectivity index (χ1n) is 6.94.